The lowest BCUT2D eigenvalue weighted by Gasteiger charge is -2.39. The van der Waals surface area contributed by atoms with Crippen LogP contribution >= 0.6 is 11.3 Å². The number of esters is 1. The van der Waals surface area contributed by atoms with Crippen LogP contribution in [0.4, 0.5) is 0 Å². The van der Waals surface area contributed by atoms with Gasteiger partial charge >= 0.3 is 5.97 Å². The summed E-state index contributed by atoms with van der Waals surface area (Å²) in [6.07, 6.45) is 7.01. The van der Waals surface area contributed by atoms with Gasteiger partial charge in [-0.05, 0) is 58.0 Å². The molecule has 0 spiro atoms. The first-order valence-electron chi connectivity index (χ1n) is 15.7. The van der Waals surface area contributed by atoms with Gasteiger partial charge < -0.3 is 20.1 Å². The molecule has 5 atom stereocenters. The van der Waals surface area contributed by atoms with Crippen LogP contribution in [0.3, 0.4) is 0 Å². The number of hydrogen-bond acceptors (Lipinski definition) is 8. The van der Waals surface area contributed by atoms with Gasteiger partial charge in [-0.3, -0.25) is 14.5 Å². The first-order chi connectivity index (χ1) is 19.5. The second-order valence-electron chi connectivity index (χ2n) is 11.8. The molecule has 9 nitrogen and oxygen atoms in total. The van der Waals surface area contributed by atoms with Crippen LogP contribution in [0.5, 0.6) is 0 Å². The largest absolute Gasteiger partial charge is 0.461 e. The van der Waals surface area contributed by atoms with E-state index in [-0.39, 0.29) is 54.6 Å². The molecule has 0 unspecified atom stereocenters. The number of carbonyl (C=O) groups excluding carboxylic acids is 3. The van der Waals surface area contributed by atoms with Crippen molar-refractivity contribution < 1.29 is 24.2 Å². The molecule has 234 valence electrons. The van der Waals surface area contributed by atoms with E-state index in [0.717, 1.165) is 51.5 Å². The Morgan fingerprint density at radius 3 is 2.51 bits per heavy atom. The quantitative estimate of drug-likeness (QED) is 0.141. The van der Waals surface area contributed by atoms with E-state index in [1.165, 1.54) is 11.3 Å². The standard InChI is InChI=1S/C31H54N4O5S/c1-8-11-12-14-18-35(24(21(4)5)19-25(36)29-32-23(20-41-29)31(39)40-10-3)30(38)27(22(6)9-2)28(37)33-26-16-13-15-17-34(26)7/h20-22,24-27,36H,8-19H2,1-7H3,(H,33,37)/t22-,24+,25+,26+,27-/m0/s1. The van der Waals surface area contributed by atoms with Gasteiger partial charge in [0.05, 0.1) is 12.8 Å². The maximum absolute atomic E-state index is 14.4. The highest BCUT2D eigenvalue weighted by Crippen LogP contribution is 2.30. The Kier molecular flexibility index (Phi) is 15.3. The highest BCUT2D eigenvalue weighted by molar-refractivity contribution is 7.09. The summed E-state index contributed by atoms with van der Waals surface area (Å²) < 4.78 is 5.05. The molecule has 2 heterocycles. The minimum atomic E-state index is -0.951. The van der Waals surface area contributed by atoms with E-state index >= 15 is 0 Å². The van der Waals surface area contributed by atoms with Crippen molar-refractivity contribution in [2.75, 3.05) is 26.7 Å². The Labute approximate surface area is 251 Å². The topological polar surface area (TPSA) is 112 Å². The van der Waals surface area contributed by atoms with Gasteiger partial charge in [0.15, 0.2) is 5.69 Å². The van der Waals surface area contributed by atoms with Crippen molar-refractivity contribution in [3.8, 4) is 0 Å². The molecule has 0 saturated carbocycles. The maximum atomic E-state index is 14.4. The molecule has 2 rings (SSSR count). The molecule has 1 aromatic heterocycles. The second-order valence-corrected chi connectivity index (χ2v) is 12.7. The number of ether oxygens (including phenoxy) is 1. The number of likely N-dealkylation sites (tertiary alicyclic amines) is 1. The third-order valence-corrected chi connectivity index (χ3v) is 9.25. The molecule has 1 aromatic rings. The van der Waals surface area contributed by atoms with Gasteiger partial charge in [0.2, 0.25) is 11.8 Å². The third kappa shape index (κ3) is 10.3. The molecular weight excluding hydrogens is 540 g/mol. The van der Waals surface area contributed by atoms with Crippen LogP contribution in [0.2, 0.25) is 0 Å². The predicted octanol–water partition coefficient (Wildman–Crippen LogP) is 5.40. The minimum Gasteiger partial charge on any atom is -0.461 e. The van der Waals surface area contributed by atoms with Crippen molar-refractivity contribution in [1.82, 2.24) is 20.1 Å². The highest BCUT2D eigenvalue weighted by atomic mass is 32.1. The fourth-order valence-electron chi connectivity index (χ4n) is 5.52. The molecule has 1 fully saturated rings. The summed E-state index contributed by atoms with van der Waals surface area (Å²) >= 11 is 1.22. The number of carbonyl (C=O) groups is 3. The predicted molar refractivity (Wildman–Crippen MR) is 163 cm³/mol. The number of thiazole rings is 1. The van der Waals surface area contributed by atoms with Gasteiger partial charge in [-0.1, -0.05) is 60.3 Å². The number of amides is 2. The summed E-state index contributed by atoms with van der Waals surface area (Å²) in [7, 11) is 2.02. The number of piperidine rings is 1. The molecule has 0 aromatic carbocycles. The lowest BCUT2D eigenvalue weighted by Crippen LogP contribution is -2.56. The number of rotatable bonds is 17. The summed E-state index contributed by atoms with van der Waals surface area (Å²) in [5.74, 6) is -1.77. The maximum Gasteiger partial charge on any atom is 0.357 e. The van der Waals surface area contributed by atoms with Gasteiger partial charge in [0.1, 0.15) is 17.0 Å². The van der Waals surface area contributed by atoms with Crippen LogP contribution < -0.4 is 5.32 Å². The van der Waals surface area contributed by atoms with E-state index < -0.39 is 18.0 Å². The van der Waals surface area contributed by atoms with Crippen molar-refractivity contribution in [3.63, 3.8) is 0 Å². The highest BCUT2D eigenvalue weighted by Gasteiger charge is 2.39. The molecule has 2 N–H and O–H groups in total. The van der Waals surface area contributed by atoms with Crippen LogP contribution in [0.15, 0.2) is 5.38 Å². The van der Waals surface area contributed by atoms with E-state index in [9.17, 15) is 19.5 Å². The van der Waals surface area contributed by atoms with Crippen molar-refractivity contribution in [2.24, 2.45) is 17.8 Å². The normalized spacial score (nSPS) is 18.9. The Hall–Kier alpha value is -2.04. The van der Waals surface area contributed by atoms with E-state index in [1.807, 2.05) is 39.6 Å². The number of aliphatic hydroxyl groups excluding tert-OH is 1. The van der Waals surface area contributed by atoms with Crippen LogP contribution in [0.25, 0.3) is 0 Å². The zero-order chi connectivity index (χ0) is 30.5. The molecular formula is C31H54N4O5S. The van der Waals surface area contributed by atoms with E-state index in [4.69, 9.17) is 4.74 Å². The number of unbranched alkanes of at least 4 members (excludes halogenated alkanes) is 3. The molecule has 1 aliphatic rings. The Morgan fingerprint density at radius 2 is 1.90 bits per heavy atom. The van der Waals surface area contributed by atoms with Crippen LogP contribution in [0.1, 0.15) is 121 Å². The van der Waals surface area contributed by atoms with Gasteiger partial charge in [0, 0.05) is 24.4 Å². The van der Waals surface area contributed by atoms with Crippen LogP contribution in [-0.2, 0) is 14.3 Å². The number of aromatic nitrogens is 1. The second kappa shape index (κ2) is 17.8. The van der Waals surface area contributed by atoms with E-state index in [2.05, 4.69) is 22.1 Å². The Balaban J connectivity index is 2.33. The summed E-state index contributed by atoms with van der Waals surface area (Å²) in [6.45, 7) is 13.7. The zero-order valence-corrected chi connectivity index (χ0v) is 27.2. The summed E-state index contributed by atoms with van der Waals surface area (Å²) in [5.41, 5.74) is 0.181. The molecule has 1 aliphatic heterocycles. The summed E-state index contributed by atoms with van der Waals surface area (Å²) in [5, 5.41) is 16.4. The van der Waals surface area contributed by atoms with Gasteiger partial charge in [-0.2, -0.15) is 0 Å². The van der Waals surface area contributed by atoms with Crippen LogP contribution in [0, 0.1) is 17.8 Å². The van der Waals surface area contributed by atoms with E-state index in [0.29, 0.717) is 18.0 Å². The Bertz CT molecular complexity index is 955. The lowest BCUT2D eigenvalue weighted by atomic mass is 9.87. The van der Waals surface area contributed by atoms with Crippen molar-refractivity contribution in [1.29, 1.82) is 0 Å². The Morgan fingerprint density at radius 1 is 1.17 bits per heavy atom. The van der Waals surface area contributed by atoms with Crippen molar-refractivity contribution >= 4 is 29.1 Å². The minimum absolute atomic E-state index is 0.0365. The third-order valence-electron chi connectivity index (χ3n) is 8.30. The van der Waals surface area contributed by atoms with Crippen LogP contribution in [-0.4, -0.2) is 76.6 Å². The van der Waals surface area contributed by atoms with Crippen molar-refractivity contribution in [2.45, 2.75) is 118 Å². The number of hydrogen-bond donors (Lipinski definition) is 2. The lowest BCUT2D eigenvalue weighted by molar-refractivity contribution is -0.148. The first kappa shape index (κ1) is 35.2. The number of nitrogens with one attached hydrogen (secondary N) is 1. The fraction of sp³-hybridized carbons (Fsp3) is 0.806. The molecule has 0 radical (unpaired) electrons. The summed E-state index contributed by atoms with van der Waals surface area (Å²) in [6, 6.07) is -0.300. The number of aliphatic hydroxyl groups is 1. The summed E-state index contributed by atoms with van der Waals surface area (Å²) in [4.78, 5) is 48.6. The fourth-order valence-corrected chi connectivity index (χ4v) is 6.30. The average Bonchev–Trinajstić information content (AvgIpc) is 3.44. The average molecular weight is 595 g/mol. The van der Waals surface area contributed by atoms with E-state index in [1.54, 1.807) is 12.3 Å². The molecule has 1 saturated heterocycles. The molecule has 0 aliphatic carbocycles. The van der Waals surface area contributed by atoms with Crippen molar-refractivity contribution in [3.05, 3.63) is 16.1 Å². The zero-order valence-electron chi connectivity index (χ0n) is 26.4. The SMILES string of the molecule is CCCCCCN(C(=O)[C@H](C(=O)N[C@H]1CCCCN1C)[C@@H](C)CC)[C@H](C[C@@H](O)c1nc(C(=O)OCC)cs1)C(C)C. The van der Waals surface area contributed by atoms with Gasteiger partial charge in [-0.25, -0.2) is 9.78 Å². The smallest absolute Gasteiger partial charge is 0.357 e. The molecule has 2 amide bonds. The molecule has 0 bridgehead atoms. The molecule has 10 heteroatoms. The van der Waals surface area contributed by atoms with Gasteiger partial charge in [-0.15, -0.1) is 11.3 Å². The number of nitrogens with zero attached hydrogens (tertiary/aromatic N) is 3. The molecule has 41 heavy (non-hydrogen) atoms. The first-order valence-corrected chi connectivity index (χ1v) is 16.5. The monoisotopic (exact) mass is 594 g/mol. The van der Waals surface area contributed by atoms with Gasteiger partial charge in [0.25, 0.3) is 0 Å².